The second-order valence-corrected chi connectivity index (χ2v) is 4.96. The molecule has 0 radical (unpaired) electrons. The Balaban J connectivity index is 2.02. The molecule has 2 aromatic heterocycles. The van der Waals surface area contributed by atoms with Gasteiger partial charge in [-0.1, -0.05) is 6.92 Å². The molecule has 0 aromatic carbocycles. The van der Waals surface area contributed by atoms with Crippen molar-refractivity contribution >= 4 is 11.0 Å². The lowest BCUT2D eigenvalue weighted by Gasteiger charge is -2.18. The van der Waals surface area contributed by atoms with Crippen LogP contribution < -0.4 is 0 Å². The van der Waals surface area contributed by atoms with Crippen molar-refractivity contribution in [3.05, 3.63) is 24.3 Å². The van der Waals surface area contributed by atoms with Gasteiger partial charge in [-0.15, -0.1) is 0 Å². The molecule has 1 aliphatic heterocycles. The Morgan fingerprint density at radius 1 is 1.50 bits per heavy atom. The molecule has 0 aliphatic carbocycles. The molecular formula is C13H17N3O2. The fourth-order valence-corrected chi connectivity index (χ4v) is 2.68. The van der Waals surface area contributed by atoms with Crippen molar-refractivity contribution < 1.29 is 9.84 Å². The highest BCUT2D eigenvalue weighted by molar-refractivity contribution is 5.78. The fourth-order valence-electron chi connectivity index (χ4n) is 2.68. The summed E-state index contributed by atoms with van der Waals surface area (Å²) < 4.78 is 7.91. The van der Waals surface area contributed by atoms with Crippen LogP contribution in [0.4, 0.5) is 0 Å². The monoisotopic (exact) mass is 247 g/mol. The molecule has 5 heteroatoms. The Labute approximate surface area is 105 Å². The molecule has 1 aliphatic rings. The third-order valence-electron chi connectivity index (χ3n) is 3.64. The van der Waals surface area contributed by atoms with Gasteiger partial charge >= 0.3 is 0 Å². The number of hydrogen-bond acceptors (Lipinski definition) is 4. The van der Waals surface area contributed by atoms with E-state index in [1.165, 1.54) is 0 Å². The fraction of sp³-hybridized carbons (Fsp3) is 0.538. The molecule has 3 rings (SSSR count). The molecular weight excluding hydrogens is 230 g/mol. The number of nitrogens with zero attached hydrogens (tertiary/aromatic N) is 3. The molecule has 18 heavy (non-hydrogen) atoms. The van der Waals surface area contributed by atoms with Gasteiger partial charge in [0.2, 0.25) is 0 Å². The van der Waals surface area contributed by atoms with Crippen molar-refractivity contribution in [1.82, 2.24) is 14.5 Å². The van der Waals surface area contributed by atoms with E-state index in [2.05, 4.69) is 16.9 Å². The maximum absolute atomic E-state index is 9.20. The van der Waals surface area contributed by atoms with Crippen molar-refractivity contribution in [2.75, 3.05) is 6.61 Å². The molecule has 5 nitrogen and oxygen atoms in total. The van der Waals surface area contributed by atoms with Gasteiger partial charge < -0.3 is 14.4 Å². The van der Waals surface area contributed by atoms with Crippen molar-refractivity contribution in [3.8, 4) is 0 Å². The number of aliphatic hydroxyl groups is 1. The van der Waals surface area contributed by atoms with Gasteiger partial charge in [0.15, 0.2) is 0 Å². The lowest BCUT2D eigenvalue weighted by molar-refractivity contribution is -0.0291. The van der Waals surface area contributed by atoms with Gasteiger partial charge in [0, 0.05) is 17.5 Å². The van der Waals surface area contributed by atoms with Crippen molar-refractivity contribution in [2.45, 2.75) is 32.6 Å². The summed E-state index contributed by atoms with van der Waals surface area (Å²) in [5.41, 5.74) is 1.88. The van der Waals surface area contributed by atoms with E-state index in [4.69, 9.17) is 4.74 Å². The molecule has 0 bridgehead atoms. The van der Waals surface area contributed by atoms with Crippen molar-refractivity contribution in [3.63, 3.8) is 0 Å². The van der Waals surface area contributed by atoms with E-state index < -0.39 is 0 Å². The maximum Gasteiger partial charge on any atom is 0.145 e. The molecule has 3 atom stereocenters. The zero-order chi connectivity index (χ0) is 12.7. The van der Waals surface area contributed by atoms with Crippen LogP contribution in [0.3, 0.4) is 0 Å². The summed E-state index contributed by atoms with van der Waals surface area (Å²) in [5, 5.41) is 10.3. The summed E-state index contributed by atoms with van der Waals surface area (Å²) in [4.78, 5) is 8.53. The van der Waals surface area contributed by atoms with Crippen LogP contribution in [0.5, 0.6) is 0 Å². The minimum atomic E-state index is -0.0645. The van der Waals surface area contributed by atoms with Crippen LogP contribution in [0, 0.1) is 12.8 Å². The Morgan fingerprint density at radius 3 is 3.06 bits per heavy atom. The van der Waals surface area contributed by atoms with Gasteiger partial charge in [0.25, 0.3) is 0 Å². The summed E-state index contributed by atoms with van der Waals surface area (Å²) in [7, 11) is 0. The summed E-state index contributed by atoms with van der Waals surface area (Å²) in [6, 6.07) is 2.02. The summed E-state index contributed by atoms with van der Waals surface area (Å²) in [6.45, 7) is 4.19. The summed E-state index contributed by atoms with van der Waals surface area (Å²) in [6.07, 6.45) is 4.34. The molecule has 2 aromatic rings. The highest BCUT2D eigenvalue weighted by atomic mass is 16.5. The molecule has 0 amide bonds. The highest BCUT2D eigenvalue weighted by Crippen LogP contribution is 2.35. The van der Waals surface area contributed by atoms with Crippen LogP contribution in [0.1, 0.15) is 25.3 Å². The quantitative estimate of drug-likeness (QED) is 0.876. The van der Waals surface area contributed by atoms with Crippen molar-refractivity contribution in [2.24, 2.45) is 5.92 Å². The van der Waals surface area contributed by atoms with Gasteiger partial charge in [0.1, 0.15) is 18.2 Å². The number of aromatic nitrogens is 3. The van der Waals surface area contributed by atoms with E-state index in [9.17, 15) is 5.11 Å². The number of fused-ring (bicyclic) bond motifs is 1. The van der Waals surface area contributed by atoms with E-state index in [-0.39, 0.29) is 18.9 Å². The molecule has 96 valence electrons. The first kappa shape index (κ1) is 11.6. The predicted octanol–water partition coefficient (Wildman–Crippen LogP) is 1.66. The normalized spacial score (nSPS) is 28.1. The number of ether oxygens (including phenoxy) is 1. The van der Waals surface area contributed by atoms with Gasteiger partial charge in [-0.25, -0.2) is 9.97 Å². The van der Waals surface area contributed by atoms with E-state index in [1.54, 1.807) is 6.33 Å². The Hall–Kier alpha value is -1.46. The Kier molecular flexibility index (Phi) is 2.80. The number of aliphatic hydroxyl groups excluding tert-OH is 1. The van der Waals surface area contributed by atoms with Crippen LogP contribution in [0.25, 0.3) is 11.0 Å². The molecule has 3 heterocycles. The first-order valence-corrected chi connectivity index (χ1v) is 6.25. The first-order chi connectivity index (χ1) is 8.70. The smallest absolute Gasteiger partial charge is 0.145 e. The summed E-state index contributed by atoms with van der Waals surface area (Å²) in [5.74, 6) is 0.369. The lowest BCUT2D eigenvalue weighted by atomic mass is 10.1. The topological polar surface area (TPSA) is 60.2 Å². The second kappa shape index (κ2) is 4.33. The summed E-state index contributed by atoms with van der Waals surface area (Å²) >= 11 is 0. The second-order valence-electron chi connectivity index (χ2n) is 4.96. The third kappa shape index (κ3) is 1.71. The van der Waals surface area contributed by atoms with Gasteiger partial charge in [0.05, 0.1) is 18.4 Å². The lowest BCUT2D eigenvalue weighted by Crippen LogP contribution is -2.15. The average molecular weight is 247 g/mol. The molecule has 1 saturated heterocycles. The van der Waals surface area contributed by atoms with E-state index in [0.717, 1.165) is 23.1 Å². The Morgan fingerprint density at radius 2 is 2.33 bits per heavy atom. The van der Waals surface area contributed by atoms with E-state index >= 15 is 0 Å². The minimum absolute atomic E-state index is 0.0473. The minimum Gasteiger partial charge on any atom is -0.394 e. The van der Waals surface area contributed by atoms with Crippen LogP contribution in [0.15, 0.2) is 18.6 Å². The molecule has 3 unspecified atom stereocenters. The van der Waals surface area contributed by atoms with Crippen LogP contribution in [-0.4, -0.2) is 32.4 Å². The van der Waals surface area contributed by atoms with Crippen molar-refractivity contribution in [1.29, 1.82) is 0 Å². The maximum atomic E-state index is 9.20. The third-order valence-corrected chi connectivity index (χ3v) is 3.64. The first-order valence-electron chi connectivity index (χ1n) is 6.25. The number of rotatable bonds is 2. The number of aryl methyl sites for hydroxylation is 1. The molecule has 0 spiro atoms. The van der Waals surface area contributed by atoms with Gasteiger partial charge in [-0.2, -0.15) is 0 Å². The van der Waals surface area contributed by atoms with Crippen LogP contribution in [-0.2, 0) is 4.74 Å². The zero-order valence-electron chi connectivity index (χ0n) is 10.6. The Bertz CT molecular complexity index is 566. The van der Waals surface area contributed by atoms with E-state index in [0.29, 0.717) is 5.92 Å². The van der Waals surface area contributed by atoms with Gasteiger partial charge in [-0.05, 0) is 19.4 Å². The van der Waals surface area contributed by atoms with Crippen LogP contribution in [0.2, 0.25) is 0 Å². The largest absolute Gasteiger partial charge is 0.394 e. The molecule has 1 fully saturated rings. The average Bonchev–Trinajstić information content (AvgIpc) is 2.93. The highest BCUT2D eigenvalue weighted by Gasteiger charge is 2.33. The molecule has 1 N–H and O–H groups in total. The number of hydrogen-bond donors (Lipinski definition) is 1. The predicted molar refractivity (Wildman–Crippen MR) is 67.0 cm³/mol. The van der Waals surface area contributed by atoms with Gasteiger partial charge in [-0.3, -0.25) is 0 Å². The SMILES string of the molecule is Cc1ncnc2c1ccn2C1OC(CO)CC1C. The standard InChI is InChI=1S/C13H17N3O2/c1-8-5-10(6-17)18-13(8)16-4-3-11-9(2)14-7-15-12(11)16/h3-4,7-8,10,13,17H,5-6H2,1-2H3. The van der Waals surface area contributed by atoms with E-state index in [1.807, 2.05) is 23.8 Å². The molecule has 0 saturated carbocycles. The zero-order valence-corrected chi connectivity index (χ0v) is 10.6. The van der Waals surface area contributed by atoms with Crippen LogP contribution >= 0.6 is 0 Å².